The molecule has 0 amide bonds. The zero-order valence-electron chi connectivity index (χ0n) is 8.41. The summed E-state index contributed by atoms with van der Waals surface area (Å²) in [5.74, 6) is -0.418. The first kappa shape index (κ1) is 11.7. The smallest absolute Gasteiger partial charge is 0.357 e. The van der Waals surface area contributed by atoms with E-state index in [0.29, 0.717) is 23.1 Å². The molecule has 2 heterocycles. The van der Waals surface area contributed by atoms with E-state index in [1.807, 2.05) is 6.07 Å². The molecule has 2 aromatic rings. The molecule has 6 heteroatoms. The maximum atomic E-state index is 11.6. The Morgan fingerprint density at radius 2 is 2.38 bits per heavy atom. The van der Waals surface area contributed by atoms with Crippen LogP contribution < -0.4 is 0 Å². The highest BCUT2D eigenvalue weighted by atomic mass is 127. The van der Waals surface area contributed by atoms with Gasteiger partial charge in [0.1, 0.15) is 10.8 Å². The summed E-state index contributed by atoms with van der Waals surface area (Å²) in [6.07, 6.45) is 1.47. The average molecular weight is 351 g/mol. The highest BCUT2D eigenvalue weighted by Crippen LogP contribution is 2.22. The van der Waals surface area contributed by atoms with Gasteiger partial charge in [0.05, 0.1) is 12.8 Å². The van der Waals surface area contributed by atoms with E-state index in [9.17, 15) is 4.79 Å². The van der Waals surface area contributed by atoms with Crippen LogP contribution in [0.4, 0.5) is 0 Å². The third kappa shape index (κ3) is 1.89. The van der Waals surface area contributed by atoms with Crippen molar-refractivity contribution in [1.29, 1.82) is 0 Å². The van der Waals surface area contributed by atoms with Gasteiger partial charge in [0.2, 0.25) is 0 Å². The van der Waals surface area contributed by atoms with E-state index >= 15 is 0 Å². The van der Waals surface area contributed by atoms with E-state index in [0.717, 1.165) is 3.57 Å². The molecule has 0 aliphatic carbocycles. The van der Waals surface area contributed by atoms with Crippen LogP contribution in [0.25, 0.3) is 5.65 Å². The molecule has 0 saturated carbocycles. The lowest BCUT2D eigenvalue weighted by Crippen LogP contribution is -2.08. The van der Waals surface area contributed by atoms with Crippen molar-refractivity contribution >= 4 is 45.8 Å². The Morgan fingerprint density at radius 1 is 1.62 bits per heavy atom. The molecule has 84 valence electrons. The number of imidazole rings is 1. The molecule has 0 aliphatic heterocycles. The van der Waals surface area contributed by atoms with Gasteiger partial charge in [-0.3, -0.25) is 4.40 Å². The number of halogens is 2. The maximum Gasteiger partial charge on any atom is 0.357 e. The molecule has 0 radical (unpaired) electrons. The summed E-state index contributed by atoms with van der Waals surface area (Å²) in [6.45, 7) is 2.08. The second-order valence-corrected chi connectivity index (χ2v) is 4.55. The summed E-state index contributed by atoms with van der Waals surface area (Å²) in [6, 6.07) is 3.65. The summed E-state index contributed by atoms with van der Waals surface area (Å²) in [5.41, 5.74) is 0.980. The van der Waals surface area contributed by atoms with Crippen molar-refractivity contribution in [2.24, 2.45) is 0 Å². The van der Waals surface area contributed by atoms with Gasteiger partial charge in [-0.05, 0) is 41.6 Å². The second kappa shape index (κ2) is 4.58. The quantitative estimate of drug-likeness (QED) is 0.475. The zero-order chi connectivity index (χ0) is 11.7. The third-order valence-corrected chi connectivity index (χ3v) is 3.61. The van der Waals surface area contributed by atoms with Crippen LogP contribution in [0.15, 0.2) is 18.3 Å². The standard InChI is InChI=1S/C10H8ClIN2O2/c1-2-16-10(15)7-5-13-8-4-3-6(12)9(11)14(7)8/h3-5H,2H2,1H3. The molecule has 0 unspecified atom stereocenters. The summed E-state index contributed by atoms with van der Waals surface area (Å²) in [5, 5.41) is 0.471. The summed E-state index contributed by atoms with van der Waals surface area (Å²) in [7, 11) is 0. The molecule has 0 bridgehead atoms. The molecular formula is C10H8ClIN2O2. The normalized spacial score (nSPS) is 10.7. The topological polar surface area (TPSA) is 43.6 Å². The lowest BCUT2D eigenvalue weighted by molar-refractivity contribution is 0.0518. The van der Waals surface area contributed by atoms with Gasteiger partial charge in [0.15, 0.2) is 5.69 Å². The zero-order valence-corrected chi connectivity index (χ0v) is 11.3. The lowest BCUT2D eigenvalue weighted by atomic mass is 10.4. The first-order valence-electron chi connectivity index (χ1n) is 4.63. The number of esters is 1. The minimum absolute atomic E-state index is 0.327. The fraction of sp³-hybridized carbons (Fsp3) is 0.200. The monoisotopic (exact) mass is 350 g/mol. The van der Waals surface area contributed by atoms with Gasteiger partial charge < -0.3 is 4.74 Å². The van der Waals surface area contributed by atoms with E-state index in [4.69, 9.17) is 16.3 Å². The van der Waals surface area contributed by atoms with Crippen LogP contribution in [-0.4, -0.2) is 22.0 Å². The van der Waals surface area contributed by atoms with E-state index in [2.05, 4.69) is 27.6 Å². The summed E-state index contributed by atoms with van der Waals surface area (Å²) >= 11 is 8.22. The number of hydrogen-bond donors (Lipinski definition) is 0. The Balaban J connectivity index is 2.63. The van der Waals surface area contributed by atoms with E-state index in [1.54, 1.807) is 17.4 Å². The van der Waals surface area contributed by atoms with E-state index in [1.165, 1.54) is 6.20 Å². The van der Waals surface area contributed by atoms with Crippen LogP contribution >= 0.6 is 34.2 Å². The molecule has 0 aromatic carbocycles. The van der Waals surface area contributed by atoms with Gasteiger partial charge in [-0.2, -0.15) is 0 Å². The molecular weight excluding hydrogens is 342 g/mol. The minimum Gasteiger partial charge on any atom is -0.461 e. The number of carbonyl (C=O) groups excluding carboxylic acids is 1. The van der Waals surface area contributed by atoms with Gasteiger partial charge in [0, 0.05) is 3.57 Å². The summed E-state index contributed by atoms with van der Waals surface area (Å²) < 4.78 is 7.37. The third-order valence-electron chi connectivity index (χ3n) is 2.05. The van der Waals surface area contributed by atoms with Crippen molar-refractivity contribution in [3.8, 4) is 0 Å². The average Bonchev–Trinajstić information content (AvgIpc) is 2.68. The predicted molar refractivity (Wildman–Crippen MR) is 68.9 cm³/mol. The number of carbonyl (C=O) groups is 1. The highest BCUT2D eigenvalue weighted by Gasteiger charge is 2.16. The Morgan fingerprint density at radius 3 is 3.06 bits per heavy atom. The number of aromatic nitrogens is 2. The Labute approximate surface area is 111 Å². The molecule has 2 rings (SSSR count). The molecule has 2 aromatic heterocycles. The van der Waals surface area contributed by atoms with Crippen molar-refractivity contribution in [2.45, 2.75) is 6.92 Å². The van der Waals surface area contributed by atoms with Gasteiger partial charge in [-0.1, -0.05) is 11.6 Å². The van der Waals surface area contributed by atoms with Crippen LogP contribution in [0, 0.1) is 3.57 Å². The lowest BCUT2D eigenvalue weighted by Gasteiger charge is -2.04. The molecule has 0 fully saturated rings. The van der Waals surface area contributed by atoms with Crippen molar-refractivity contribution in [2.75, 3.05) is 6.61 Å². The van der Waals surface area contributed by atoms with Gasteiger partial charge >= 0.3 is 5.97 Å². The minimum atomic E-state index is -0.418. The molecule has 0 saturated heterocycles. The second-order valence-electron chi connectivity index (χ2n) is 3.03. The fourth-order valence-electron chi connectivity index (χ4n) is 1.36. The van der Waals surface area contributed by atoms with Crippen LogP contribution in [-0.2, 0) is 4.74 Å². The number of rotatable bonds is 2. The number of hydrogen-bond acceptors (Lipinski definition) is 3. The van der Waals surface area contributed by atoms with E-state index < -0.39 is 5.97 Å². The fourth-order valence-corrected chi connectivity index (χ4v) is 2.02. The van der Waals surface area contributed by atoms with Gasteiger partial charge in [-0.25, -0.2) is 9.78 Å². The Kier molecular flexibility index (Phi) is 3.34. The van der Waals surface area contributed by atoms with Crippen LogP contribution in [0.5, 0.6) is 0 Å². The molecule has 0 spiro atoms. The Hall–Kier alpha value is -0.820. The number of ether oxygens (including phenoxy) is 1. The first-order valence-corrected chi connectivity index (χ1v) is 6.09. The van der Waals surface area contributed by atoms with Gasteiger partial charge in [0.25, 0.3) is 0 Å². The number of nitrogens with zero attached hydrogens (tertiary/aromatic N) is 2. The van der Waals surface area contributed by atoms with Crippen molar-refractivity contribution < 1.29 is 9.53 Å². The molecule has 0 atom stereocenters. The molecule has 16 heavy (non-hydrogen) atoms. The summed E-state index contributed by atoms with van der Waals surface area (Å²) in [4.78, 5) is 15.7. The van der Waals surface area contributed by atoms with Crippen molar-refractivity contribution in [3.05, 3.63) is 32.7 Å². The largest absolute Gasteiger partial charge is 0.461 e. The number of pyridine rings is 1. The van der Waals surface area contributed by atoms with Crippen molar-refractivity contribution in [1.82, 2.24) is 9.38 Å². The van der Waals surface area contributed by atoms with Gasteiger partial charge in [-0.15, -0.1) is 0 Å². The predicted octanol–water partition coefficient (Wildman–Crippen LogP) is 2.77. The first-order chi connectivity index (χ1) is 7.65. The molecule has 0 aliphatic rings. The number of fused-ring (bicyclic) bond motifs is 1. The van der Waals surface area contributed by atoms with Crippen LogP contribution in [0.3, 0.4) is 0 Å². The Bertz CT molecular complexity index is 553. The van der Waals surface area contributed by atoms with E-state index in [-0.39, 0.29) is 0 Å². The van der Waals surface area contributed by atoms with Crippen molar-refractivity contribution in [3.63, 3.8) is 0 Å². The maximum absolute atomic E-state index is 11.6. The van der Waals surface area contributed by atoms with Crippen LogP contribution in [0.2, 0.25) is 5.15 Å². The molecule has 4 nitrogen and oxygen atoms in total. The molecule has 0 N–H and O–H groups in total. The SMILES string of the molecule is CCOC(=O)c1cnc2ccc(I)c(Cl)n12. The highest BCUT2D eigenvalue weighted by molar-refractivity contribution is 14.1. The van der Waals surface area contributed by atoms with Crippen LogP contribution in [0.1, 0.15) is 17.4 Å².